The van der Waals surface area contributed by atoms with Crippen LogP contribution in [0.3, 0.4) is 0 Å². The van der Waals surface area contributed by atoms with Gasteiger partial charge in [0.05, 0.1) is 24.2 Å². The molecule has 27 heavy (non-hydrogen) atoms. The first kappa shape index (κ1) is 16.7. The normalized spacial score (nSPS) is 10.7. The summed E-state index contributed by atoms with van der Waals surface area (Å²) in [5, 5.41) is 0. The van der Waals surface area contributed by atoms with Crippen molar-refractivity contribution < 1.29 is 4.74 Å². The number of benzene rings is 3. The van der Waals surface area contributed by atoms with Crippen LogP contribution < -0.4 is 16.0 Å². The molecule has 5 heteroatoms. The number of methoxy groups -OCH3 is 1. The van der Waals surface area contributed by atoms with E-state index in [0.29, 0.717) is 11.4 Å². The van der Waals surface area contributed by atoms with Crippen molar-refractivity contribution in [2.45, 2.75) is 0 Å². The molecule has 0 bridgehead atoms. The van der Waals surface area contributed by atoms with Gasteiger partial charge in [-0.25, -0.2) is 9.36 Å². The Kier molecular flexibility index (Phi) is 4.26. The number of aromatic nitrogens is 2. The van der Waals surface area contributed by atoms with Crippen LogP contribution in [0.4, 0.5) is 5.69 Å². The lowest BCUT2D eigenvalue weighted by Gasteiger charge is -2.15. The summed E-state index contributed by atoms with van der Waals surface area (Å²) in [5.74, 6) is 0.723. The highest BCUT2D eigenvalue weighted by Gasteiger charge is 2.21. The maximum absolute atomic E-state index is 13.1. The maximum Gasteiger partial charge on any atom is 0.295 e. The van der Waals surface area contributed by atoms with E-state index in [9.17, 15) is 4.79 Å². The predicted molar refractivity (Wildman–Crippen MR) is 108 cm³/mol. The first-order valence-electron chi connectivity index (χ1n) is 8.59. The van der Waals surface area contributed by atoms with Gasteiger partial charge in [0.2, 0.25) is 0 Å². The van der Waals surface area contributed by atoms with Gasteiger partial charge in [-0.2, -0.15) is 0 Å². The van der Waals surface area contributed by atoms with Gasteiger partial charge >= 0.3 is 0 Å². The van der Waals surface area contributed by atoms with Gasteiger partial charge in [0.1, 0.15) is 11.4 Å². The minimum atomic E-state index is -0.261. The molecule has 0 aliphatic carbocycles. The molecule has 5 nitrogen and oxygen atoms in total. The molecule has 2 N–H and O–H groups in total. The average Bonchev–Trinajstić information content (AvgIpc) is 3.00. The first-order valence-corrected chi connectivity index (χ1v) is 8.59. The second-order valence-corrected chi connectivity index (χ2v) is 6.09. The van der Waals surface area contributed by atoms with E-state index < -0.39 is 0 Å². The highest BCUT2D eigenvalue weighted by molar-refractivity contribution is 5.75. The van der Waals surface area contributed by atoms with Gasteiger partial charge < -0.3 is 10.5 Å². The van der Waals surface area contributed by atoms with Gasteiger partial charge in [-0.1, -0.05) is 48.5 Å². The molecule has 1 aromatic heterocycles. The maximum atomic E-state index is 13.1. The van der Waals surface area contributed by atoms with Gasteiger partial charge in [-0.3, -0.25) is 4.79 Å². The van der Waals surface area contributed by atoms with Crippen LogP contribution in [0.15, 0.2) is 89.7 Å². The number of hydrogen-bond acceptors (Lipinski definition) is 3. The quantitative estimate of drug-likeness (QED) is 0.603. The molecule has 0 saturated heterocycles. The zero-order valence-corrected chi connectivity index (χ0v) is 14.9. The Morgan fingerprint density at radius 3 is 1.89 bits per heavy atom. The van der Waals surface area contributed by atoms with Gasteiger partial charge in [0.15, 0.2) is 0 Å². The van der Waals surface area contributed by atoms with Gasteiger partial charge in [0, 0.05) is 5.56 Å². The molecule has 1 heterocycles. The van der Waals surface area contributed by atoms with Crippen molar-refractivity contribution in [1.29, 1.82) is 0 Å². The van der Waals surface area contributed by atoms with Crippen LogP contribution in [0.5, 0.6) is 5.75 Å². The summed E-state index contributed by atoms with van der Waals surface area (Å²) in [7, 11) is 1.61. The third-order valence-corrected chi connectivity index (χ3v) is 4.45. The van der Waals surface area contributed by atoms with Crippen LogP contribution in [-0.2, 0) is 0 Å². The van der Waals surface area contributed by atoms with Gasteiger partial charge in [0.25, 0.3) is 5.56 Å². The molecular weight excluding hydrogens is 338 g/mol. The summed E-state index contributed by atoms with van der Waals surface area (Å²) in [4.78, 5) is 13.1. The number of hydrogen-bond donors (Lipinski definition) is 1. The van der Waals surface area contributed by atoms with Crippen molar-refractivity contribution in [3.63, 3.8) is 0 Å². The lowest BCUT2D eigenvalue weighted by molar-refractivity contribution is 0.414. The third-order valence-electron chi connectivity index (χ3n) is 4.45. The molecule has 3 aromatic carbocycles. The average molecular weight is 357 g/mol. The largest absolute Gasteiger partial charge is 0.497 e. The molecule has 4 aromatic rings. The molecule has 0 radical (unpaired) electrons. The van der Waals surface area contributed by atoms with Crippen molar-refractivity contribution in [1.82, 2.24) is 9.36 Å². The zero-order chi connectivity index (χ0) is 18.8. The number of nitrogen functional groups attached to an aromatic ring is 1. The summed E-state index contributed by atoms with van der Waals surface area (Å²) in [5.41, 5.74) is 9.34. The lowest BCUT2D eigenvalue weighted by Crippen LogP contribution is -2.21. The molecule has 0 atom stereocenters. The van der Waals surface area contributed by atoms with Crippen molar-refractivity contribution in [2.75, 3.05) is 12.8 Å². The van der Waals surface area contributed by atoms with Crippen LogP contribution in [0.2, 0.25) is 0 Å². The molecule has 4 rings (SSSR count). The SMILES string of the molecule is COc1ccc(-n2c(=O)c(N)c(-c3ccccc3)n2-c2ccccc2)cc1. The van der Waals surface area contributed by atoms with Crippen LogP contribution in [0.25, 0.3) is 22.6 Å². The van der Waals surface area contributed by atoms with E-state index in [-0.39, 0.29) is 11.2 Å². The fourth-order valence-corrected chi connectivity index (χ4v) is 3.16. The summed E-state index contributed by atoms with van der Waals surface area (Å²) < 4.78 is 8.68. The number of para-hydroxylation sites is 1. The van der Waals surface area contributed by atoms with E-state index in [2.05, 4.69) is 0 Å². The topological polar surface area (TPSA) is 62.2 Å². The lowest BCUT2D eigenvalue weighted by atomic mass is 10.1. The molecule has 0 fully saturated rings. The smallest absolute Gasteiger partial charge is 0.295 e. The second kappa shape index (κ2) is 6.88. The Hall–Kier alpha value is -3.73. The molecule has 134 valence electrons. The molecule has 0 aliphatic rings. The van der Waals surface area contributed by atoms with Gasteiger partial charge in [-0.15, -0.1) is 0 Å². The van der Waals surface area contributed by atoms with E-state index in [4.69, 9.17) is 10.5 Å². The van der Waals surface area contributed by atoms with Crippen LogP contribution in [0, 0.1) is 0 Å². The van der Waals surface area contributed by atoms with Crippen molar-refractivity contribution in [3.8, 4) is 28.4 Å². The van der Waals surface area contributed by atoms with Crippen molar-refractivity contribution in [2.24, 2.45) is 0 Å². The Bertz CT molecular complexity index is 1110. The Labute approximate surface area is 156 Å². The zero-order valence-electron chi connectivity index (χ0n) is 14.9. The van der Waals surface area contributed by atoms with Crippen LogP contribution in [-0.4, -0.2) is 16.5 Å². The van der Waals surface area contributed by atoms with E-state index in [1.165, 1.54) is 0 Å². The summed E-state index contributed by atoms with van der Waals surface area (Å²) in [6, 6.07) is 26.7. The molecule has 0 spiro atoms. The number of rotatable bonds is 4. The number of ether oxygens (including phenoxy) is 1. The van der Waals surface area contributed by atoms with Crippen LogP contribution in [0.1, 0.15) is 0 Å². The third kappa shape index (κ3) is 2.89. The fraction of sp³-hybridized carbons (Fsp3) is 0.0455. The summed E-state index contributed by atoms with van der Waals surface area (Å²) in [6.07, 6.45) is 0. The minimum absolute atomic E-state index is 0.209. The number of nitrogens with zero attached hydrogens (tertiary/aromatic N) is 2. The molecule has 0 aliphatic heterocycles. The Balaban J connectivity index is 2.05. The standard InChI is InChI=1S/C22H19N3O2/c1-27-19-14-12-18(13-15-19)25-22(26)20(23)21(16-8-4-2-5-9-16)24(25)17-10-6-3-7-11-17/h2-15H,23H2,1H3. The van der Waals surface area contributed by atoms with E-state index >= 15 is 0 Å². The Morgan fingerprint density at radius 2 is 1.30 bits per heavy atom. The predicted octanol–water partition coefficient (Wildman–Crippen LogP) is 3.89. The van der Waals surface area contributed by atoms with E-state index in [0.717, 1.165) is 17.0 Å². The van der Waals surface area contributed by atoms with E-state index in [1.54, 1.807) is 11.8 Å². The highest BCUT2D eigenvalue weighted by atomic mass is 16.5. The fourth-order valence-electron chi connectivity index (χ4n) is 3.16. The minimum Gasteiger partial charge on any atom is -0.497 e. The molecule has 0 saturated carbocycles. The first-order chi connectivity index (χ1) is 13.2. The summed E-state index contributed by atoms with van der Waals surface area (Å²) >= 11 is 0. The number of nitrogens with two attached hydrogens (primary N) is 1. The van der Waals surface area contributed by atoms with Crippen molar-refractivity contribution >= 4 is 5.69 Å². The molecule has 0 unspecified atom stereocenters. The second-order valence-electron chi connectivity index (χ2n) is 6.09. The highest BCUT2D eigenvalue weighted by Crippen LogP contribution is 2.29. The van der Waals surface area contributed by atoms with E-state index in [1.807, 2.05) is 89.6 Å². The molecule has 0 amide bonds. The number of anilines is 1. The molecular formula is C22H19N3O2. The van der Waals surface area contributed by atoms with Crippen molar-refractivity contribution in [3.05, 3.63) is 95.3 Å². The Morgan fingerprint density at radius 1 is 0.741 bits per heavy atom. The van der Waals surface area contributed by atoms with Crippen LogP contribution >= 0.6 is 0 Å². The van der Waals surface area contributed by atoms with Gasteiger partial charge in [-0.05, 0) is 36.4 Å². The monoisotopic (exact) mass is 357 g/mol. The summed E-state index contributed by atoms with van der Waals surface area (Å²) in [6.45, 7) is 0.